The maximum atomic E-state index is 5.31. The zero-order valence-electron chi connectivity index (χ0n) is 24.4. The van der Waals surface area contributed by atoms with Gasteiger partial charge in [0.05, 0.1) is 11.2 Å². The van der Waals surface area contributed by atoms with E-state index in [1.807, 2.05) is 6.07 Å². The molecule has 8 aromatic rings. The number of nitrogens with zero attached hydrogens (tertiary/aromatic N) is 2. The van der Waals surface area contributed by atoms with Crippen LogP contribution in [0.4, 0.5) is 0 Å². The van der Waals surface area contributed by atoms with Gasteiger partial charge >= 0.3 is 0 Å². The van der Waals surface area contributed by atoms with Gasteiger partial charge in [-0.3, -0.25) is 0 Å². The van der Waals surface area contributed by atoms with Crippen molar-refractivity contribution in [3.8, 4) is 33.8 Å². The molecule has 0 saturated heterocycles. The predicted octanol–water partition coefficient (Wildman–Crippen LogP) is 11.5. The van der Waals surface area contributed by atoms with Crippen LogP contribution in [-0.4, -0.2) is 9.97 Å². The van der Waals surface area contributed by atoms with Gasteiger partial charge in [-0.15, -0.1) is 0 Å². The molecular weight excluding hydrogens is 600 g/mol. The third-order valence-corrected chi connectivity index (χ3v) is 9.97. The van der Waals surface area contributed by atoms with Crippen LogP contribution in [0.25, 0.3) is 77.0 Å². The van der Waals surface area contributed by atoms with Crippen LogP contribution in [0.1, 0.15) is 25.0 Å². The van der Waals surface area contributed by atoms with Crippen LogP contribution < -0.4 is 0 Å². The Kier molecular flexibility index (Phi) is 5.43. The summed E-state index contributed by atoms with van der Waals surface area (Å²) in [6.45, 7) is 4.75. The van der Waals surface area contributed by atoms with Crippen molar-refractivity contribution in [2.45, 2.75) is 19.3 Å². The van der Waals surface area contributed by atoms with Crippen LogP contribution in [0.2, 0.25) is 0 Å². The van der Waals surface area contributed by atoms with Gasteiger partial charge in [0.15, 0.2) is 5.82 Å². The molecule has 1 aliphatic rings. The summed E-state index contributed by atoms with van der Waals surface area (Å²) in [4.78, 5) is 10.5. The van der Waals surface area contributed by atoms with Crippen molar-refractivity contribution in [2.24, 2.45) is 0 Å². The molecule has 0 saturated carbocycles. The average Bonchev–Trinajstić information content (AvgIpc) is 3.30. The first-order valence-corrected chi connectivity index (χ1v) is 15.8. The highest BCUT2D eigenvalue weighted by molar-refractivity contribution is 9.10. The van der Waals surface area contributed by atoms with Crippen molar-refractivity contribution < 1.29 is 0 Å². The van der Waals surface area contributed by atoms with Crippen molar-refractivity contribution in [2.75, 3.05) is 0 Å². The SMILES string of the molecule is CC1(C)c2cc(Br)ccc2-c2c1c1c3ccccc3c(-c3nc(-c4ccccc4)c4ccccc4n3)cc1c1ccccc21. The molecule has 0 radical (unpaired) electrons. The van der Waals surface area contributed by atoms with Gasteiger partial charge in [-0.25, -0.2) is 9.97 Å². The normalized spacial score (nSPS) is 13.5. The second kappa shape index (κ2) is 9.32. The Morgan fingerprint density at radius 2 is 1.20 bits per heavy atom. The summed E-state index contributed by atoms with van der Waals surface area (Å²) in [6.07, 6.45) is 0. The lowest BCUT2D eigenvalue weighted by atomic mass is 9.77. The molecule has 0 bridgehead atoms. The first-order chi connectivity index (χ1) is 21.5. The molecule has 7 aromatic carbocycles. The third kappa shape index (κ3) is 3.54. The van der Waals surface area contributed by atoms with Crippen molar-refractivity contribution in [1.82, 2.24) is 9.97 Å². The lowest BCUT2D eigenvalue weighted by Gasteiger charge is -2.25. The van der Waals surface area contributed by atoms with Gasteiger partial charge in [0.2, 0.25) is 0 Å². The topological polar surface area (TPSA) is 25.8 Å². The fraction of sp³-hybridized carbons (Fsp3) is 0.0732. The van der Waals surface area contributed by atoms with E-state index in [1.54, 1.807) is 0 Å². The van der Waals surface area contributed by atoms with Crippen molar-refractivity contribution in [3.05, 3.63) is 143 Å². The van der Waals surface area contributed by atoms with Gasteiger partial charge in [0.25, 0.3) is 0 Å². The Hall–Kier alpha value is -4.86. The second-order valence-corrected chi connectivity index (χ2v) is 13.2. The Bertz CT molecular complexity index is 2480. The van der Waals surface area contributed by atoms with Crippen LogP contribution in [0.15, 0.2) is 132 Å². The van der Waals surface area contributed by atoms with Gasteiger partial charge in [-0.2, -0.15) is 0 Å². The molecule has 1 heterocycles. The monoisotopic (exact) mass is 626 g/mol. The van der Waals surface area contributed by atoms with Gasteiger partial charge in [0, 0.05) is 26.4 Å². The summed E-state index contributed by atoms with van der Waals surface area (Å²) in [5.41, 5.74) is 9.30. The van der Waals surface area contributed by atoms with Crippen molar-refractivity contribution in [3.63, 3.8) is 0 Å². The van der Waals surface area contributed by atoms with E-state index in [2.05, 4.69) is 151 Å². The zero-order chi connectivity index (χ0) is 29.6. The summed E-state index contributed by atoms with van der Waals surface area (Å²) >= 11 is 3.76. The highest BCUT2D eigenvalue weighted by Gasteiger charge is 2.39. The van der Waals surface area contributed by atoms with E-state index in [-0.39, 0.29) is 5.41 Å². The highest BCUT2D eigenvalue weighted by Crippen LogP contribution is 2.56. The molecule has 208 valence electrons. The molecule has 0 N–H and O–H groups in total. The summed E-state index contributed by atoms with van der Waals surface area (Å²) in [6, 6.07) is 45.6. The molecular formula is C41H27BrN2. The average molecular weight is 628 g/mol. The number of aromatic nitrogens is 2. The molecule has 2 nitrogen and oxygen atoms in total. The smallest absolute Gasteiger partial charge is 0.161 e. The maximum absolute atomic E-state index is 5.31. The van der Waals surface area contributed by atoms with E-state index in [0.29, 0.717) is 0 Å². The zero-order valence-corrected chi connectivity index (χ0v) is 26.0. The molecule has 44 heavy (non-hydrogen) atoms. The number of hydrogen-bond acceptors (Lipinski definition) is 2. The van der Waals surface area contributed by atoms with Crippen LogP contribution in [0.3, 0.4) is 0 Å². The lowest BCUT2D eigenvalue weighted by molar-refractivity contribution is 0.666. The molecule has 1 aliphatic carbocycles. The minimum absolute atomic E-state index is 0.180. The van der Waals surface area contributed by atoms with Gasteiger partial charge in [0.1, 0.15) is 0 Å². The molecule has 0 aliphatic heterocycles. The molecule has 0 amide bonds. The summed E-state index contributed by atoms with van der Waals surface area (Å²) in [5.74, 6) is 0.747. The van der Waals surface area contributed by atoms with E-state index < -0.39 is 0 Å². The highest BCUT2D eigenvalue weighted by atomic mass is 79.9. The molecule has 9 rings (SSSR count). The van der Waals surface area contributed by atoms with Gasteiger partial charge in [-0.05, 0) is 78.8 Å². The summed E-state index contributed by atoms with van der Waals surface area (Å²) in [5, 5.41) is 8.56. The number of hydrogen-bond donors (Lipinski definition) is 0. The second-order valence-electron chi connectivity index (χ2n) is 12.3. The fourth-order valence-electron chi connectivity index (χ4n) is 7.54. The van der Waals surface area contributed by atoms with Crippen LogP contribution in [-0.2, 0) is 5.41 Å². The van der Waals surface area contributed by atoms with E-state index in [4.69, 9.17) is 9.97 Å². The quantitative estimate of drug-likeness (QED) is 0.178. The largest absolute Gasteiger partial charge is 0.228 e. The van der Waals surface area contributed by atoms with Gasteiger partial charge in [-0.1, -0.05) is 133 Å². The molecule has 1 aromatic heterocycles. The van der Waals surface area contributed by atoms with Crippen molar-refractivity contribution in [1.29, 1.82) is 0 Å². The van der Waals surface area contributed by atoms with Crippen LogP contribution in [0.5, 0.6) is 0 Å². The number of rotatable bonds is 2. The Labute approximate surface area is 264 Å². The Morgan fingerprint density at radius 1 is 0.545 bits per heavy atom. The molecule has 3 heteroatoms. The number of halogens is 1. The summed E-state index contributed by atoms with van der Waals surface area (Å²) < 4.78 is 1.11. The number of benzene rings is 7. The van der Waals surface area contributed by atoms with E-state index in [0.717, 1.165) is 38.0 Å². The number of para-hydroxylation sites is 1. The summed E-state index contributed by atoms with van der Waals surface area (Å²) in [7, 11) is 0. The Balaban J connectivity index is 1.45. The lowest BCUT2D eigenvalue weighted by Crippen LogP contribution is -2.16. The van der Waals surface area contributed by atoms with Crippen molar-refractivity contribution >= 4 is 59.2 Å². The third-order valence-electron chi connectivity index (χ3n) is 9.47. The minimum Gasteiger partial charge on any atom is -0.228 e. The van der Waals surface area contributed by atoms with Crippen LogP contribution in [0, 0.1) is 0 Å². The Morgan fingerprint density at radius 3 is 2.00 bits per heavy atom. The first kappa shape index (κ1) is 25.6. The molecule has 0 spiro atoms. The minimum atomic E-state index is -0.180. The molecule has 0 unspecified atom stereocenters. The molecule has 0 atom stereocenters. The predicted molar refractivity (Wildman–Crippen MR) is 188 cm³/mol. The van der Waals surface area contributed by atoms with E-state index in [9.17, 15) is 0 Å². The van der Waals surface area contributed by atoms with Crippen LogP contribution >= 0.6 is 15.9 Å². The van der Waals surface area contributed by atoms with Gasteiger partial charge < -0.3 is 0 Å². The maximum Gasteiger partial charge on any atom is 0.161 e. The van der Waals surface area contributed by atoms with E-state index in [1.165, 1.54) is 54.6 Å². The van der Waals surface area contributed by atoms with E-state index >= 15 is 0 Å². The first-order valence-electron chi connectivity index (χ1n) is 15.0. The fourth-order valence-corrected chi connectivity index (χ4v) is 7.90. The standard InChI is InChI=1S/C41H27BrN2/c1-41(2)34-22-25(42)20-21-30(34)36-28-16-8-6-14-26(28)32-23-33(27-15-7-9-17-29(27)37(32)38(36)41)40-43-35-19-11-10-18-31(35)39(44-40)24-12-4-3-5-13-24/h3-23H,1-2H3. The number of fused-ring (bicyclic) bond motifs is 11. The molecule has 0 fully saturated rings.